The summed E-state index contributed by atoms with van der Waals surface area (Å²) in [5.41, 5.74) is 7.58. The van der Waals surface area contributed by atoms with Crippen molar-refractivity contribution in [2.45, 2.75) is 180 Å². The van der Waals surface area contributed by atoms with Gasteiger partial charge in [0.2, 0.25) is 35.5 Å². The van der Waals surface area contributed by atoms with E-state index in [0.29, 0.717) is 98.0 Å². The van der Waals surface area contributed by atoms with E-state index in [4.69, 9.17) is 35.8 Å². The number of anilines is 3. The largest absolute Gasteiger partial charge is 0.508 e. The number of aromatic amines is 2. The molecule has 16 atom stereocenters. The lowest BCUT2D eigenvalue weighted by Gasteiger charge is -2.63. The Hall–Kier alpha value is -13.5. The number of amides is 7. The molecular weight excluding hydrogens is 1830 g/mol. The van der Waals surface area contributed by atoms with Gasteiger partial charge in [0.1, 0.15) is 66.7 Å². The van der Waals surface area contributed by atoms with E-state index in [2.05, 4.69) is 77.3 Å². The summed E-state index contributed by atoms with van der Waals surface area (Å²) >= 11 is 0. The SMILES string of the molecule is CC[C@]1(O)C[C@H]2CN(CCc3c([nH]c4ccccc34)[C@@](C(=O)OC)(c3cc4c(cc3OC)N(C)[C@H]3[C@@](O)(C(=O)NCCOC(=O)OCCSSC[C@H](NC(=O)[C@H](CC(=O)O)NC(=O)[C@H](CC(=O)O)NC(=O)[C@H](CCCNC(=N)N)NC(=O)[C@H](CC(=O)O)NC(=O)CC[C@H](NC(=O)c5ccc(NCc6cnc7nc(N)[nH]c(=O)c7n6)cc5)C(=O)O)C(=O)O)[C@H](O)[C@]5(CC)C=CCN6CC[C@]43[C@@H]65)C2)C1. The van der Waals surface area contributed by atoms with Crippen LogP contribution in [0.1, 0.15) is 129 Å². The number of likely N-dealkylation sites (N-methyl/N-ethyl adjacent to an activating group) is 1. The summed E-state index contributed by atoms with van der Waals surface area (Å²) in [7, 11) is 6.38. The molecule has 1 aliphatic carbocycles. The number of carbonyl (C=O) groups is 14. The molecule has 5 aliphatic heterocycles. The number of rotatable bonds is 44. The van der Waals surface area contributed by atoms with E-state index >= 15 is 9.59 Å². The fraction of sp³-hybridized carbons (Fsp3) is 0.511. The summed E-state index contributed by atoms with van der Waals surface area (Å²) in [6, 6.07) is 3.73. The number of hydrogen-bond acceptors (Lipinski definition) is 33. The zero-order valence-electron chi connectivity index (χ0n) is 75.4. The summed E-state index contributed by atoms with van der Waals surface area (Å²) in [5, 5.41) is 118. The van der Waals surface area contributed by atoms with E-state index < -0.39 is 234 Å². The summed E-state index contributed by atoms with van der Waals surface area (Å²) < 4.78 is 23.0. The fourth-order valence-electron chi connectivity index (χ4n) is 20.1. The van der Waals surface area contributed by atoms with Gasteiger partial charge < -0.3 is 129 Å². The molecule has 24 N–H and O–H groups in total. The van der Waals surface area contributed by atoms with Gasteiger partial charge in [-0.05, 0) is 118 Å². The smallest absolute Gasteiger partial charge is 0.496 e. The second kappa shape index (κ2) is 43.7. The predicted octanol–water partition coefficient (Wildman–Crippen LogP) is -1.02. The highest BCUT2D eigenvalue weighted by atomic mass is 33.1. The average molecular weight is 1950 g/mol. The van der Waals surface area contributed by atoms with Crippen LogP contribution in [-0.4, -0.2) is 322 Å². The molecule has 3 fully saturated rings. The van der Waals surface area contributed by atoms with Crippen LogP contribution in [0.25, 0.3) is 22.1 Å². The molecule has 6 aromatic rings. The molecule has 1 spiro atoms. The summed E-state index contributed by atoms with van der Waals surface area (Å²) in [4.78, 5) is 225. The number of carboxylic acids is 5. The van der Waals surface area contributed by atoms with Crippen LogP contribution in [0.2, 0.25) is 0 Å². The Labute approximate surface area is 789 Å². The number of carbonyl (C=O) groups excluding carboxylic acids is 9. The molecule has 2 saturated heterocycles. The van der Waals surface area contributed by atoms with Crippen molar-refractivity contribution in [1.82, 2.24) is 77.3 Å². The quantitative estimate of drug-likeness (QED) is 0.00543. The number of hydrogen-bond donors (Lipinski definition) is 22. The van der Waals surface area contributed by atoms with Crippen LogP contribution in [-0.2, 0) is 95.5 Å². The Balaban J connectivity index is 0.635. The highest BCUT2D eigenvalue weighted by Gasteiger charge is 2.79. The third-order valence-corrected chi connectivity index (χ3v) is 28.6. The van der Waals surface area contributed by atoms with E-state index in [0.717, 1.165) is 38.1 Å². The number of guanidine groups is 1. The van der Waals surface area contributed by atoms with Crippen molar-refractivity contribution in [1.29, 1.82) is 5.41 Å². The van der Waals surface area contributed by atoms with E-state index in [-0.39, 0.29) is 73.3 Å². The number of para-hydroxylation sites is 1. The molecule has 3 aromatic carbocycles. The van der Waals surface area contributed by atoms with E-state index in [9.17, 15) is 103 Å². The molecule has 6 aliphatic rings. The topological polar surface area (TPSA) is 719 Å². The number of aliphatic carboxylic acids is 5. The van der Waals surface area contributed by atoms with Crippen molar-refractivity contribution in [2.24, 2.45) is 17.1 Å². The maximum Gasteiger partial charge on any atom is 0.508 e. The van der Waals surface area contributed by atoms with Crippen LogP contribution in [0, 0.1) is 16.7 Å². The second-order valence-electron chi connectivity index (χ2n) is 34.7. The van der Waals surface area contributed by atoms with E-state index in [1.54, 1.807) is 7.05 Å². The minimum absolute atomic E-state index is 0.0230. The molecule has 1 unspecified atom stereocenters. The third kappa shape index (κ3) is 22.3. The lowest BCUT2D eigenvalue weighted by atomic mass is 9.47. The lowest BCUT2D eigenvalue weighted by molar-refractivity contribution is -0.203. The van der Waals surface area contributed by atoms with Gasteiger partial charge in [-0.1, -0.05) is 65.8 Å². The number of benzene rings is 3. The Kier molecular flexibility index (Phi) is 32.7. The molecule has 738 valence electrons. The number of aliphatic hydroxyl groups is 3. The van der Waals surface area contributed by atoms with Crippen LogP contribution in [0.4, 0.5) is 22.1 Å². The van der Waals surface area contributed by atoms with Gasteiger partial charge >= 0.3 is 42.0 Å². The van der Waals surface area contributed by atoms with E-state index in [1.165, 1.54) is 44.7 Å². The van der Waals surface area contributed by atoms with Gasteiger partial charge in [0.15, 0.2) is 22.7 Å². The van der Waals surface area contributed by atoms with Gasteiger partial charge in [0.05, 0.1) is 70.1 Å². The van der Waals surface area contributed by atoms with Crippen LogP contribution in [0.5, 0.6) is 5.75 Å². The molecule has 0 radical (unpaired) electrons. The number of fused-ring (bicyclic) bond motifs is 7. The van der Waals surface area contributed by atoms with Gasteiger partial charge in [0.25, 0.3) is 17.4 Å². The highest BCUT2D eigenvalue weighted by molar-refractivity contribution is 8.76. The fourth-order valence-corrected chi connectivity index (χ4v) is 22.1. The predicted molar refractivity (Wildman–Crippen MR) is 492 cm³/mol. The zero-order chi connectivity index (χ0) is 99.3. The van der Waals surface area contributed by atoms with Gasteiger partial charge in [-0.15, -0.1) is 0 Å². The lowest BCUT2D eigenvalue weighted by Crippen LogP contribution is -2.81. The van der Waals surface area contributed by atoms with Crippen LogP contribution in [0.15, 0.2) is 83.8 Å². The molecule has 137 heavy (non-hydrogen) atoms. The van der Waals surface area contributed by atoms with Crippen molar-refractivity contribution in [3.63, 3.8) is 0 Å². The maximum atomic E-state index is 15.6. The monoisotopic (exact) mass is 1940 g/mol. The van der Waals surface area contributed by atoms with Crippen molar-refractivity contribution in [2.75, 3.05) is 108 Å². The number of ether oxygens (including phenoxy) is 4. The number of nitrogens with two attached hydrogens (primary N) is 2. The summed E-state index contributed by atoms with van der Waals surface area (Å²) in [6.45, 7) is 5.14. The van der Waals surface area contributed by atoms with Crippen LogP contribution >= 0.6 is 21.6 Å². The number of nitrogens with one attached hydrogen (secondary N) is 12. The minimum atomic E-state index is -2.60. The molecule has 8 heterocycles. The number of piperidine rings is 1. The van der Waals surface area contributed by atoms with Crippen molar-refractivity contribution < 1.29 is 127 Å². The first kappa shape index (κ1) is 102. The van der Waals surface area contributed by atoms with E-state index in [1.807, 2.05) is 72.6 Å². The first-order chi connectivity index (χ1) is 65.2. The molecule has 12 rings (SSSR count). The normalized spacial score (nSPS) is 23.5. The summed E-state index contributed by atoms with van der Waals surface area (Å²) in [5.74, 6) is -18.8. The number of H-pyrrole nitrogens is 2. The molecule has 7 amide bonds. The number of esters is 1. The molecule has 3 aromatic heterocycles. The van der Waals surface area contributed by atoms with Crippen LogP contribution in [0.3, 0.4) is 0 Å². The maximum absolute atomic E-state index is 15.6. The molecular formula is C88H112N20O27S2. The molecule has 47 nitrogen and oxygen atoms in total. The number of aromatic nitrogens is 5. The van der Waals surface area contributed by atoms with Gasteiger partial charge in [-0.25, -0.2) is 24.4 Å². The number of nitrogen functional groups attached to an aromatic ring is 1. The zero-order valence-corrected chi connectivity index (χ0v) is 77.1. The van der Waals surface area contributed by atoms with Gasteiger partial charge in [0, 0.05) is 120 Å². The average Bonchev–Trinajstić information content (AvgIpc) is 1.48. The standard InChI is InChI=1S/C88H112N20O27S2/c1-6-84(130)37-44-38-87(80(128)133-5,66-49(21-27-107(41-44)43-84)48-12-8-9-13-52(48)98-66)51-32-50-59(36-60(51)132-4)106(3)77-86(50)23-28-108-26-11-22-85(7-2,76(86)108)78(126)88(77,131)79(127)92-25-29-134-83(129)135-30-31-136-137-42-58(75(124)125)103-72(120)57(35-64(114)115)102-71(119)56(34-63(112)113)101-69(117)53(14-10-24-93-81(89)90)99-70(118)55(33-62(110)111)97-61(109)20-19-54(74(122)123)100-68(116)45-15-17-46(18-16-45)94-39-47-40-95-67-65(96-47)73(121)105-82(91)104-67/h8-9,11-13,15-18,22,32,36,40,44,53-58,76-78,94,98,126,130-131H,6-7,10,14,19-21,23-31,33-35,37-39,41-43H2,1-5H3,(H,92,127)(H,97,109)(H,99,118)(H,100,116)(H,101,117)(H,102,119)(H,103,120)(H,110,111)(H,112,113)(H,114,115)(H,122,123)(H,124,125)(H4,89,90,93)(H3,91,95,104,105,121)/t44-,53+,54+,55+,56+,57+,58+,76+,77-,78-,84+,85-,86-,87+,88+/m1/s1. The summed E-state index contributed by atoms with van der Waals surface area (Å²) in [6.07, 6.45) is -1.21. The number of methoxy groups -OCH3 is 2. The molecule has 49 heteroatoms. The van der Waals surface area contributed by atoms with Gasteiger partial charge in [-0.3, -0.25) is 77.7 Å². The van der Waals surface area contributed by atoms with Crippen molar-refractivity contribution >= 4 is 150 Å². The van der Waals surface area contributed by atoms with Crippen molar-refractivity contribution in [3.05, 3.63) is 123 Å². The molecule has 1 saturated carbocycles. The Morgan fingerprint density at radius 2 is 1.36 bits per heavy atom. The first-order valence-corrected chi connectivity index (χ1v) is 46.8. The number of nitrogens with zero attached hydrogens (tertiary/aromatic N) is 6. The highest BCUT2D eigenvalue weighted by Crippen LogP contribution is 2.68. The second-order valence-corrected chi connectivity index (χ2v) is 37.4. The van der Waals surface area contributed by atoms with Crippen molar-refractivity contribution in [3.8, 4) is 5.75 Å². The minimum Gasteiger partial charge on any atom is -0.496 e. The Morgan fingerprint density at radius 3 is 2.01 bits per heavy atom. The molecule has 2 bridgehead atoms. The number of aliphatic hydroxyl groups excluding tert-OH is 1. The number of carboxylic acid groups (broad SMARTS) is 5. The van der Waals surface area contributed by atoms with Gasteiger partial charge in [-0.2, -0.15) is 4.98 Å². The Bertz CT molecular complexity index is 5730. The Morgan fingerprint density at radius 1 is 0.715 bits per heavy atom. The first-order valence-electron chi connectivity index (χ1n) is 44.3. The third-order valence-electron chi connectivity index (χ3n) is 26.2. The van der Waals surface area contributed by atoms with Crippen LogP contribution < -0.4 is 74.5 Å².